The number of rotatable bonds is 1. The van der Waals surface area contributed by atoms with Crippen LogP contribution in [0.5, 0.6) is 0 Å². The molecule has 2 rings (SSSR count). The van der Waals surface area contributed by atoms with E-state index < -0.39 is 0 Å². The van der Waals surface area contributed by atoms with Crippen LogP contribution in [0.25, 0.3) is 0 Å². The average Bonchev–Trinajstić information content (AvgIpc) is 2.53. The summed E-state index contributed by atoms with van der Waals surface area (Å²) in [4.78, 5) is 14.9. The van der Waals surface area contributed by atoms with Gasteiger partial charge < -0.3 is 0 Å². The Morgan fingerprint density at radius 1 is 1.19 bits per heavy atom. The maximum atomic E-state index is 12.3. The molecule has 86 valence electrons. The van der Waals surface area contributed by atoms with Crippen molar-refractivity contribution in [2.24, 2.45) is 0 Å². The first kappa shape index (κ1) is 11.6. The minimum absolute atomic E-state index is 0.249. The molecule has 0 bridgehead atoms. The van der Waals surface area contributed by atoms with Gasteiger partial charge in [-0.1, -0.05) is 12.5 Å². The number of carbonyl (C=O) groups excluding carboxylic acids is 1. The predicted molar refractivity (Wildman–Crippen MR) is 69.5 cm³/mol. The number of hydrogen-bond acceptors (Lipinski definition) is 2. The van der Waals surface area contributed by atoms with Crippen molar-refractivity contribution >= 4 is 17.1 Å². The molecule has 1 nitrogen and oxygen atoms in total. The van der Waals surface area contributed by atoms with Crippen LogP contribution in [0, 0.1) is 13.8 Å². The van der Waals surface area contributed by atoms with Crippen molar-refractivity contribution in [1.29, 1.82) is 0 Å². The first-order chi connectivity index (χ1) is 7.49. The van der Waals surface area contributed by atoms with Crippen LogP contribution in [0.15, 0.2) is 11.1 Å². The van der Waals surface area contributed by atoms with Gasteiger partial charge in [0.05, 0.1) is 0 Å². The lowest BCUT2D eigenvalue weighted by molar-refractivity contribution is 0.102. The highest BCUT2D eigenvalue weighted by Gasteiger charge is 2.31. The van der Waals surface area contributed by atoms with Gasteiger partial charge in [0, 0.05) is 21.2 Å². The van der Waals surface area contributed by atoms with Crippen molar-refractivity contribution in [1.82, 2.24) is 0 Å². The first-order valence-corrected chi connectivity index (χ1v) is 6.62. The average molecular weight is 234 g/mol. The van der Waals surface area contributed by atoms with E-state index in [9.17, 15) is 4.79 Å². The molecule has 16 heavy (non-hydrogen) atoms. The second kappa shape index (κ2) is 3.85. The third-order valence-electron chi connectivity index (χ3n) is 3.82. The van der Waals surface area contributed by atoms with Gasteiger partial charge in [-0.2, -0.15) is 0 Å². The molecule has 1 aromatic heterocycles. The molecule has 0 amide bonds. The molecule has 2 heteroatoms. The molecule has 1 atom stereocenters. The number of thiophene rings is 1. The van der Waals surface area contributed by atoms with Crippen molar-refractivity contribution in [2.75, 3.05) is 0 Å². The number of ketones is 1. The van der Waals surface area contributed by atoms with Gasteiger partial charge in [-0.05, 0) is 45.3 Å². The lowest BCUT2D eigenvalue weighted by Gasteiger charge is -2.23. The van der Waals surface area contributed by atoms with Crippen molar-refractivity contribution in [3.05, 3.63) is 32.0 Å². The van der Waals surface area contributed by atoms with Crippen LogP contribution in [-0.4, -0.2) is 5.78 Å². The van der Waals surface area contributed by atoms with Gasteiger partial charge in [0.1, 0.15) is 0 Å². The van der Waals surface area contributed by atoms with Gasteiger partial charge in [0.15, 0.2) is 5.78 Å². The van der Waals surface area contributed by atoms with Crippen molar-refractivity contribution in [2.45, 2.75) is 47.0 Å². The van der Waals surface area contributed by atoms with E-state index >= 15 is 0 Å². The third-order valence-corrected chi connectivity index (χ3v) is 5.14. The molecule has 0 aliphatic heterocycles. The van der Waals surface area contributed by atoms with E-state index in [2.05, 4.69) is 27.7 Å². The van der Waals surface area contributed by atoms with Crippen LogP contribution in [0.2, 0.25) is 0 Å². The summed E-state index contributed by atoms with van der Waals surface area (Å²) in [6.45, 7) is 10.5. The Morgan fingerprint density at radius 3 is 2.38 bits per heavy atom. The summed E-state index contributed by atoms with van der Waals surface area (Å²) in [5, 5.41) is 0. The Hall–Kier alpha value is -0.890. The SMILES string of the molecule is CCC1C(C)=C(C)C(=O)c2c1sc(C)c2C. The molecule has 1 aliphatic carbocycles. The van der Waals surface area contributed by atoms with Crippen molar-refractivity contribution in [3.63, 3.8) is 0 Å². The minimum atomic E-state index is 0.249. The highest BCUT2D eigenvalue weighted by atomic mass is 32.1. The van der Waals surface area contributed by atoms with Crippen molar-refractivity contribution in [3.8, 4) is 0 Å². The highest BCUT2D eigenvalue weighted by molar-refractivity contribution is 7.12. The smallest absolute Gasteiger partial charge is 0.190 e. The molecule has 1 heterocycles. The number of fused-ring (bicyclic) bond motifs is 1. The summed E-state index contributed by atoms with van der Waals surface area (Å²) in [6, 6.07) is 0. The van der Waals surface area contributed by atoms with Crippen LogP contribution in [-0.2, 0) is 0 Å². The number of carbonyl (C=O) groups is 1. The van der Waals surface area contributed by atoms with E-state index in [0.29, 0.717) is 5.92 Å². The molecule has 0 radical (unpaired) electrons. The summed E-state index contributed by atoms with van der Waals surface area (Å²) in [5.41, 5.74) is 4.41. The van der Waals surface area contributed by atoms with Gasteiger partial charge in [-0.15, -0.1) is 11.3 Å². The molecule has 0 N–H and O–H groups in total. The Kier molecular flexibility index (Phi) is 2.79. The topological polar surface area (TPSA) is 17.1 Å². The standard InChI is InChI=1S/C14H18OS/c1-6-11-7(2)8(3)13(15)12-9(4)10(5)16-14(11)12/h11H,6H2,1-5H3. The van der Waals surface area contributed by atoms with Gasteiger partial charge in [0.25, 0.3) is 0 Å². The monoisotopic (exact) mass is 234 g/mol. The molecule has 0 saturated carbocycles. The third kappa shape index (κ3) is 1.40. The summed E-state index contributed by atoms with van der Waals surface area (Å²) in [6.07, 6.45) is 1.09. The number of aryl methyl sites for hydroxylation is 1. The van der Waals surface area contributed by atoms with Gasteiger partial charge in [-0.25, -0.2) is 0 Å². The largest absolute Gasteiger partial charge is 0.289 e. The maximum Gasteiger partial charge on any atom is 0.190 e. The predicted octanol–water partition coefficient (Wildman–Crippen LogP) is 4.39. The zero-order chi connectivity index (χ0) is 12.0. The molecule has 0 spiro atoms. The minimum Gasteiger partial charge on any atom is -0.289 e. The molecule has 1 unspecified atom stereocenters. The van der Waals surface area contributed by atoms with Crippen LogP contribution < -0.4 is 0 Å². The molecule has 0 aromatic carbocycles. The zero-order valence-electron chi connectivity index (χ0n) is 10.6. The molecule has 1 aromatic rings. The summed E-state index contributed by atoms with van der Waals surface area (Å²) < 4.78 is 0. The summed E-state index contributed by atoms with van der Waals surface area (Å²) in [7, 11) is 0. The fourth-order valence-electron chi connectivity index (χ4n) is 2.50. The number of Topliss-reactive ketones (excluding diaryl/α,β-unsaturated/α-hetero) is 1. The van der Waals surface area contributed by atoms with Crippen molar-refractivity contribution < 1.29 is 4.79 Å². The summed E-state index contributed by atoms with van der Waals surface area (Å²) in [5.74, 6) is 0.712. The van der Waals surface area contributed by atoms with Crippen LogP contribution in [0.4, 0.5) is 0 Å². The fraction of sp³-hybridized carbons (Fsp3) is 0.500. The number of allylic oxidation sites excluding steroid dienone is 2. The van der Waals surface area contributed by atoms with Gasteiger partial charge in [-0.3, -0.25) is 4.79 Å². The highest BCUT2D eigenvalue weighted by Crippen LogP contribution is 2.44. The molecular weight excluding hydrogens is 216 g/mol. The second-order valence-corrected chi connectivity index (χ2v) is 5.88. The van der Waals surface area contributed by atoms with Crippen LogP contribution in [0.1, 0.15) is 58.8 Å². The van der Waals surface area contributed by atoms with E-state index in [4.69, 9.17) is 0 Å². The fourth-order valence-corrected chi connectivity index (χ4v) is 3.92. The molecule has 0 fully saturated rings. The van der Waals surface area contributed by atoms with Gasteiger partial charge in [0.2, 0.25) is 0 Å². The van der Waals surface area contributed by atoms with Crippen LogP contribution >= 0.6 is 11.3 Å². The van der Waals surface area contributed by atoms with E-state index in [0.717, 1.165) is 17.6 Å². The Balaban J connectivity index is 2.71. The Labute approximate surface area is 101 Å². The molecule has 1 aliphatic rings. The summed E-state index contributed by atoms with van der Waals surface area (Å²) >= 11 is 1.80. The Bertz CT molecular complexity index is 491. The normalized spacial score (nSPS) is 20.3. The Morgan fingerprint density at radius 2 is 1.81 bits per heavy atom. The van der Waals surface area contributed by atoms with E-state index in [-0.39, 0.29) is 5.78 Å². The molecular formula is C14H18OS. The lowest BCUT2D eigenvalue weighted by Crippen LogP contribution is -2.16. The van der Waals surface area contributed by atoms with Crippen LogP contribution in [0.3, 0.4) is 0 Å². The van der Waals surface area contributed by atoms with E-state index in [1.54, 1.807) is 11.3 Å². The lowest BCUT2D eigenvalue weighted by atomic mass is 9.81. The van der Waals surface area contributed by atoms with E-state index in [1.165, 1.54) is 20.9 Å². The quantitative estimate of drug-likeness (QED) is 0.704. The second-order valence-electron chi connectivity index (χ2n) is 4.62. The number of hydrogen-bond donors (Lipinski definition) is 0. The first-order valence-electron chi connectivity index (χ1n) is 5.81. The zero-order valence-corrected chi connectivity index (χ0v) is 11.4. The van der Waals surface area contributed by atoms with Gasteiger partial charge >= 0.3 is 0 Å². The molecule has 0 saturated heterocycles. The van der Waals surface area contributed by atoms with E-state index in [1.807, 2.05) is 6.92 Å². The maximum absolute atomic E-state index is 12.3.